The highest BCUT2D eigenvalue weighted by atomic mass is 16.6. The molecule has 1 aliphatic heterocycles. The van der Waals surface area contributed by atoms with Gasteiger partial charge in [0, 0.05) is 0 Å². The summed E-state index contributed by atoms with van der Waals surface area (Å²) in [6, 6.07) is 6.29. The smallest absolute Gasteiger partial charge is 0.161 e. The minimum absolute atomic E-state index is 0.163. The van der Waals surface area contributed by atoms with Crippen LogP contribution in [0.15, 0.2) is 18.2 Å². The molecule has 0 aromatic heterocycles. The van der Waals surface area contributed by atoms with Crippen molar-refractivity contribution in [1.82, 2.24) is 0 Å². The van der Waals surface area contributed by atoms with Gasteiger partial charge in [-0.05, 0) is 29.0 Å². The highest BCUT2D eigenvalue weighted by Gasteiger charge is 2.26. The van der Waals surface area contributed by atoms with E-state index < -0.39 is 0 Å². The van der Waals surface area contributed by atoms with Crippen molar-refractivity contribution >= 4 is 0 Å². The second kappa shape index (κ2) is 4.00. The molecule has 0 saturated heterocycles. The Labute approximate surface area is 97.6 Å². The average molecular weight is 220 g/mol. The van der Waals surface area contributed by atoms with E-state index in [1.807, 2.05) is 6.07 Å². The highest BCUT2D eigenvalue weighted by Crippen LogP contribution is 2.38. The standard InChI is InChI=1S/C14H20O2/c1-10(2)14(3,4)11-5-6-12-13(9-11)16-8-7-15-12/h5-6,9-10H,7-8H2,1-4H3. The molecule has 88 valence electrons. The molecule has 2 nitrogen and oxygen atoms in total. The number of hydrogen-bond donors (Lipinski definition) is 0. The molecule has 1 aliphatic rings. The highest BCUT2D eigenvalue weighted by molar-refractivity contribution is 5.45. The Morgan fingerprint density at radius 2 is 1.69 bits per heavy atom. The van der Waals surface area contributed by atoms with Crippen LogP contribution in [-0.2, 0) is 5.41 Å². The summed E-state index contributed by atoms with van der Waals surface area (Å²) in [5, 5.41) is 0. The van der Waals surface area contributed by atoms with E-state index in [9.17, 15) is 0 Å². The topological polar surface area (TPSA) is 18.5 Å². The molecule has 0 amide bonds. The van der Waals surface area contributed by atoms with E-state index in [0.717, 1.165) is 11.5 Å². The summed E-state index contributed by atoms with van der Waals surface area (Å²) in [7, 11) is 0. The van der Waals surface area contributed by atoms with Crippen molar-refractivity contribution in [2.24, 2.45) is 5.92 Å². The van der Waals surface area contributed by atoms with Crippen LogP contribution in [0.25, 0.3) is 0 Å². The molecule has 2 heteroatoms. The van der Waals surface area contributed by atoms with Gasteiger partial charge < -0.3 is 9.47 Å². The number of benzene rings is 1. The van der Waals surface area contributed by atoms with Gasteiger partial charge in [0.1, 0.15) is 13.2 Å². The van der Waals surface area contributed by atoms with Gasteiger partial charge in [-0.3, -0.25) is 0 Å². The fraction of sp³-hybridized carbons (Fsp3) is 0.571. The van der Waals surface area contributed by atoms with E-state index in [4.69, 9.17) is 9.47 Å². The van der Waals surface area contributed by atoms with Crippen LogP contribution < -0.4 is 9.47 Å². The molecule has 2 rings (SSSR count). The van der Waals surface area contributed by atoms with Gasteiger partial charge in [0.2, 0.25) is 0 Å². The first-order valence-corrected chi connectivity index (χ1v) is 5.92. The van der Waals surface area contributed by atoms with Crippen LogP contribution in [0.1, 0.15) is 33.3 Å². The average Bonchev–Trinajstić information content (AvgIpc) is 2.28. The number of rotatable bonds is 2. The summed E-state index contributed by atoms with van der Waals surface area (Å²) in [6.45, 7) is 10.3. The first-order valence-electron chi connectivity index (χ1n) is 5.92. The fourth-order valence-corrected chi connectivity index (χ4v) is 1.78. The molecule has 0 atom stereocenters. The van der Waals surface area contributed by atoms with Crippen molar-refractivity contribution in [2.75, 3.05) is 13.2 Å². The second-order valence-corrected chi connectivity index (χ2v) is 5.23. The summed E-state index contributed by atoms with van der Waals surface area (Å²) in [4.78, 5) is 0. The van der Waals surface area contributed by atoms with Gasteiger partial charge in [0.15, 0.2) is 11.5 Å². The van der Waals surface area contributed by atoms with E-state index in [1.165, 1.54) is 5.56 Å². The predicted octanol–water partition coefficient (Wildman–Crippen LogP) is 3.39. The van der Waals surface area contributed by atoms with Crippen LogP contribution in [0.4, 0.5) is 0 Å². The van der Waals surface area contributed by atoms with Crippen molar-refractivity contribution in [3.63, 3.8) is 0 Å². The Hall–Kier alpha value is -1.18. The van der Waals surface area contributed by atoms with Gasteiger partial charge in [0.05, 0.1) is 0 Å². The third-order valence-electron chi connectivity index (χ3n) is 3.73. The van der Waals surface area contributed by atoms with Gasteiger partial charge in [0.25, 0.3) is 0 Å². The van der Waals surface area contributed by atoms with E-state index in [-0.39, 0.29) is 5.41 Å². The number of fused-ring (bicyclic) bond motifs is 1. The maximum absolute atomic E-state index is 5.61. The molecule has 0 N–H and O–H groups in total. The monoisotopic (exact) mass is 220 g/mol. The third kappa shape index (κ3) is 1.89. The number of ether oxygens (including phenoxy) is 2. The lowest BCUT2D eigenvalue weighted by molar-refractivity contribution is 0.171. The zero-order valence-electron chi connectivity index (χ0n) is 10.5. The van der Waals surface area contributed by atoms with Crippen LogP contribution in [0, 0.1) is 5.92 Å². The van der Waals surface area contributed by atoms with Crippen LogP contribution in [0.3, 0.4) is 0 Å². The molecule has 1 aromatic rings. The summed E-state index contributed by atoms with van der Waals surface area (Å²) < 4.78 is 11.1. The van der Waals surface area contributed by atoms with Crippen molar-refractivity contribution in [1.29, 1.82) is 0 Å². The molecule has 1 heterocycles. The molecule has 0 bridgehead atoms. The van der Waals surface area contributed by atoms with E-state index in [1.54, 1.807) is 0 Å². The van der Waals surface area contributed by atoms with Gasteiger partial charge in [-0.2, -0.15) is 0 Å². The van der Waals surface area contributed by atoms with Gasteiger partial charge >= 0.3 is 0 Å². The Bertz CT molecular complexity index is 380. The molecule has 0 aliphatic carbocycles. The summed E-state index contributed by atoms with van der Waals surface area (Å²) in [5.41, 5.74) is 1.47. The normalized spacial score (nSPS) is 15.3. The first-order chi connectivity index (χ1) is 7.51. The molecule has 0 unspecified atom stereocenters. The Kier molecular flexibility index (Phi) is 2.83. The molecular formula is C14H20O2. The maximum Gasteiger partial charge on any atom is 0.161 e. The summed E-state index contributed by atoms with van der Waals surface area (Å²) >= 11 is 0. The van der Waals surface area contributed by atoms with Crippen LogP contribution in [-0.4, -0.2) is 13.2 Å². The van der Waals surface area contributed by atoms with Crippen molar-refractivity contribution in [3.05, 3.63) is 23.8 Å². The Morgan fingerprint density at radius 1 is 1.06 bits per heavy atom. The lowest BCUT2D eigenvalue weighted by Crippen LogP contribution is -2.25. The number of hydrogen-bond acceptors (Lipinski definition) is 2. The van der Waals surface area contributed by atoms with E-state index >= 15 is 0 Å². The fourth-order valence-electron chi connectivity index (χ4n) is 1.78. The van der Waals surface area contributed by atoms with Crippen LogP contribution in [0.5, 0.6) is 11.5 Å². The lowest BCUT2D eigenvalue weighted by Gasteiger charge is -2.31. The molecule has 0 radical (unpaired) electrons. The third-order valence-corrected chi connectivity index (χ3v) is 3.73. The largest absolute Gasteiger partial charge is 0.486 e. The SMILES string of the molecule is CC(C)C(C)(C)c1ccc2c(c1)OCCO2. The minimum atomic E-state index is 0.163. The van der Waals surface area contributed by atoms with Crippen molar-refractivity contribution in [2.45, 2.75) is 33.1 Å². The minimum Gasteiger partial charge on any atom is -0.486 e. The second-order valence-electron chi connectivity index (χ2n) is 5.23. The lowest BCUT2D eigenvalue weighted by atomic mass is 9.75. The van der Waals surface area contributed by atoms with E-state index in [2.05, 4.69) is 39.8 Å². The summed E-state index contributed by atoms with van der Waals surface area (Å²) in [5.74, 6) is 2.35. The first kappa shape index (κ1) is 11.3. The zero-order valence-corrected chi connectivity index (χ0v) is 10.5. The van der Waals surface area contributed by atoms with Gasteiger partial charge in [-0.1, -0.05) is 33.8 Å². The summed E-state index contributed by atoms with van der Waals surface area (Å²) in [6.07, 6.45) is 0. The van der Waals surface area contributed by atoms with Gasteiger partial charge in [-0.15, -0.1) is 0 Å². The van der Waals surface area contributed by atoms with Crippen molar-refractivity contribution in [3.8, 4) is 11.5 Å². The quantitative estimate of drug-likeness (QED) is 0.760. The van der Waals surface area contributed by atoms with Crippen molar-refractivity contribution < 1.29 is 9.47 Å². The molecule has 1 aromatic carbocycles. The van der Waals surface area contributed by atoms with E-state index in [0.29, 0.717) is 19.1 Å². The molecule has 16 heavy (non-hydrogen) atoms. The van der Waals surface area contributed by atoms with Gasteiger partial charge in [-0.25, -0.2) is 0 Å². The molecular weight excluding hydrogens is 200 g/mol. The Balaban J connectivity index is 2.37. The maximum atomic E-state index is 5.61. The molecule has 0 spiro atoms. The van der Waals surface area contributed by atoms with Crippen LogP contribution in [0.2, 0.25) is 0 Å². The van der Waals surface area contributed by atoms with Crippen LogP contribution >= 0.6 is 0 Å². The Morgan fingerprint density at radius 3 is 2.31 bits per heavy atom. The predicted molar refractivity (Wildman–Crippen MR) is 65.3 cm³/mol. The zero-order chi connectivity index (χ0) is 11.8. The molecule has 0 saturated carbocycles. The molecule has 0 fully saturated rings.